The molecule has 2 aromatic heterocycles. The lowest BCUT2D eigenvalue weighted by molar-refractivity contribution is 0.0700. The van der Waals surface area contributed by atoms with E-state index in [1.165, 1.54) is 0 Å². The molecule has 0 bridgehead atoms. The molecule has 0 spiro atoms. The van der Waals surface area contributed by atoms with Gasteiger partial charge in [-0.15, -0.1) is 0 Å². The van der Waals surface area contributed by atoms with Crippen LogP contribution in [0.15, 0.2) is 30.6 Å². The minimum Gasteiger partial charge on any atom is -0.357 e. The quantitative estimate of drug-likeness (QED) is 0.845. The molecule has 1 amide bonds. The fourth-order valence-corrected chi connectivity index (χ4v) is 2.54. The number of H-pyrrole nitrogens is 2. The summed E-state index contributed by atoms with van der Waals surface area (Å²) in [5, 5.41) is 6.99. The molecule has 1 saturated heterocycles. The molecule has 94 valence electrons. The first-order valence-electron chi connectivity index (χ1n) is 6.26. The minimum absolute atomic E-state index is 0.0872. The third-order valence-corrected chi connectivity index (χ3v) is 3.50. The Morgan fingerprint density at radius 1 is 1.44 bits per heavy atom. The molecule has 2 aromatic rings. The standard InChI is InChI=1S/C13H16N4O/c18-13(12-4-1-6-14-12)17-8-2-3-10(9-17)11-5-7-15-16-11/h1,4-7,10,14H,2-3,8-9H2,(H,15,16)/t10-/m1/s1. The summed E-state index contributed by atoms with van der Waals surface area (Å²) < 4.78 is 0. The number of aromatic nitrogens is 3. The van der Waals surface area contributed by atoms with Crippen LogP contribution < -0.4 is 0 Å². The number of likely N-dealkylation sites (tertiary alicyclic amines) is 1. The Labute approximate surface area is 105 Å². The second-order valence-corrected chi connectivity index (χ2v) is 4.69. The molecule has 0 unspecified atom stereocenters. The maximum atomic E-state index is 12.2. The number of nitrogens with zero attached hydrogens (tertiary/aromatic N) is 2. The molecule has 0 aromatic carbocycles. The highest BCUT2D eigenvalue weighted by molar-refractivity contribution is 5.92. The zero-order valence-electron chi connectivity index (χ0n) is 10.1. The molecular weight excluding hydrogens is 228 g/mol. The number of nitrogens with one attached hydrogen (secondary N) is 2. The van der Waals surface area contributed by atoms with E-state index in [4.69, 9.17) is 0 Å². The van der Waals surface area contributed by atoms with Crippen LogP contribution in [0.25, 0.3) is 0 Å². The van der Waals surface area contributed by atoms with E-state index in [2.05, 4.69) is 15.2 Å². The van der Waals surface area contributed by atoms with Crippen LogP contribution in [0.2, 0.25) is 0 Å². The summed E-state index contributed by atoms with van der Waals surface area (Å²) >= 11 is 0. The Kier molecular flexibility index (Phi) is 2.88. The van der Waals surface area contributed by atoms with Crippen LogP contribution in [0.1, 0.15) is 34.9 Å². The van der Waals surface area contributed by atoms with E-state index < -0.39 is 0 Å². The average Bonchev–Trinajstić information content (AvgIpc) is 3.11. The first kappa shape index (κ1) is 11.1. The van der Waals surface area contributed by atoms with Crippen molar-refractivity contribution in [2.45, 2.75) is 18.8 Å². The Morgan fingerprint density at radius 2 is 2.39 bits per heavy atom. The van der Waals surface area contributed by atoms with Gasteiger partial charge in [0.2, 0.25) is 0 Å². The first-order valence-corrected chi connectivity index (χ1v) is 6.26. The third kappa shape index (κ3) is 2.03. The maximum absolute atomic E-state index is 12.2. The van der Waals surface area contributed by atoms with Gasteiger partial charge in [-0.2, -0.15) is 5.10 Å². The van der Waals surface area contributed by atoms with Gasteiger partial charge in [0.15, 0.2) is 0 Å². The number of hydrogen-bond donors (Lipinski definition) is 2. The maximum Gasteiger partial charge on any atom is 0.270 e. The highest BCUT2D eigenvalue weighted by Gasteiger charge is 2.26. The average molecular weight is 244 g/mol. The van der Waals surface area contributed by atoms with Gasteiger partial charge in [0.05, 0.1) is 0 Å². The van der Waals surface area contributed by atoms with Crippen molar-refractivity contribution < 1.29 is 4.79 Å². The molecule has 1 aliphatic heterocycles. The van der Waals surface area contributed by atoms with Gasteiger partial charge < -0.3 is 9.88 Å². The van der Waals surface area contributed by atoms with E-state index in [1.54, 1.807) is 12.4 Å². The molecule has 0 radical (unpaired) electrons. The largest absolute Gasteiger partial charge is 0.357 e. The van der Waals surface area contributed by atoms with Gasteiger partial charge >= 0.3 is 0 Å². The number of carbonyl (C=O) groups is 1. The van der Waals surface area contributed by atoms with Crippen LogP contribution in [0.3, 0.4) is 0 Å². The van der Waals surface area contributed by atoms with E-state index in [9.17, 15) is 4.79 Å². The molecule has 5 heteroatoms. The van der Waals surface area contributed by atoms with Crippen molar-refractivity contribution in [2.75, 3.05) is 13.1 Å². The van der Waals surface area contributed by atoms with Crippen LogP contribution in [0, 0.1) is 0 Å². The zero-order valence-corrected chi connectivity index (χ0v) is 10.1. The van der Waals surface area contributed by atoms with Crippen molar-refractivity contribution in [3.05, 3.63) is 42.0 Å². The Balaban J connectivity index is 1.73. The third-order valence-electron chi connectivity index (χ3n) is 3.50. The molecule has 1 fully saturated rings. The van der Waals surface area contributed by atoms with Crippen molar-refractivity contribution in [1.82, 2.24) is 20.1 Å². The van der Waals surface area contributed by atoms with Crippen molar-refractivity contribution in [2.24, 2.45) is 0 Å². The normalized spacial score (nSPS) is 20.0. The van der Waals surface area contributed by atoms with E-state index in [1.807, 2.05) is 23.1 Å². The minimum atomic E-state index is 0.0872. The summed E-state index contributed by atoms with van der Waals surface area (Å²) in [5.74, 6) is 0.462. The fraction of sp³-hybridized carbons (Fsp3) is 0.385. The van der Waals surface area contributed by atoms with E-state index in [0.717, 1.165) is 31.6 Å². The molecule has 2 N–H and O–H groups in total. The molecule has 18 heavy (non-hydrogen) atoms. The second kappa shape index (κ2) is 4.68. The molecule has 0 aliphatic carbocycles. The number of piperidine rings is 1. The summed E-state index contributed by atoms with van der Waals surface area (Å²) in [6, 6.07) is 5.67. The molecule has 0 saturated carbocycles. The molecule has 5 nitrogen and oxygen atoms in total. The van der Waals surface area contributed by atoms with Crippen LogP contribution in [0.5, 0.6) is 0 Å². The highest BCUT2D eigenvalue weighted by Crippen LogP contribution is 2.25. The lowest BCUT2D eigenvalue weighted by Gasteiger charge is -2.31. The summed E-state index contributed by atoms with van der Waals surface area (Å²) in [6.45, 7) is 1.60. The summed E-state index contributed by atoms with van der Waals surface area (Å²) in [7, 11) is 0. The Bertz CT molecular complexity index is 503. The number of carbonyl (C=O) groups excluding carboxylic acids is 1. The number of hydrogen-bond acceptors (Lipinski definition) is 2. The second-order valence-electron chi connectivity index (χ2n) is 4.69. The van der Waals surface area contributed by atoms with Crippen LogP contribution in [0.4, 0.5) is 0 Å². The van der Waals surface area contributed by atoms with Gasteiger partial charge in [-0.05, 0) is 31.0 Å². The number of rotatable bonds is 2. The fourth-order valence-electron chi connectivity index (χ4n) is 2.54. The lowest BCUT2D eigenvalue weighted by atomic mass is 9.95. The van der Waals surface area contributed by atoms with Gasteiger partial charge in [-0.1, -0.05) is 0 Å². The Morgan fingerprint density at radius 3 is 3.11 bits per heavy atom. The molecule has 3 rings (SSSR count). The van der Waals surface area contributed by atoms with Crippen LogP contribution in [-0.4, -0.2) is 39.1 Å². The van der Waals surface area contributed by atoms with Crippen LogP contribution in [-0.2, 0) is 0 Å². The van der Waals surface area contributed by atoms with Crippen molar-refractivity contribution >= 4 is 5.91 Å². The summed E-state index contributed by atoms with van der Waals surface area (Å²) in [5.41, 5.74) is 1.79. The monoisotopic (exact) mass is 244 g/mol. The molecule has 1 atom stereocenters. The van der Waals surface area contributed by atoms with E-state index in [0.29, 0.717) is 11.6 Å². The molecular formula is C13H16N4O. The smallest absolute Gasteiger partial charge is 0.270 e. The predicted octanol–water partition coefficient (Wildman–Crippen LogP) is 1.76. The van der Waals surface area contributed by atoms with Crippen molar-refractivity contribution in [1.29, 1.82) is 0 Å². The van der Waals surface area contributed by atoms with Crippen molar-refractivity contribution in [3.63, 3.8) is 0 Å². The van der Waals surface area contributed by atoms with E-state index in [-0.39, 0.29) is 5.91 Å². The van der Waals surface area contributed by atoms with Gasteiger partial charge in [0.25, 0.3) is 5.91 Å². The number of amides is 1. The topological polar surface area (TPSA) is 64.8 Å². The van der Waals surface area contributed by atoms with Gasteiger partial charge in [-0.3, -0.25) is 9.89 Å². The number of aromatic amines is 2. The zero-order chi connectivity index (χ0) is 12.4. The van der Waals surface area contributed by atoms with Crippen LogP contribution >= 0.6 is 0 Å². The first-order chi connectivity index (χ1) is 8.84. The SMILES string of the molecule is O=C(c1ccc[nH]1)N1CCC[C@@H](c2ccn[nH]2)C1. The van der Waals surface area contributed by atoms with Gasteiger partial charge in [0, 0.05) is 37.1 Å². The lowest BCUT2D eigenvalue weighted by Crippen LogP contribution is -2.39. The Hall–Kier alpha value is -2.04. The van der Waals surface area contributed by atoms with E-state index >= 15 is 0 Å². The van der Waals surface area contributed by atoms with Gasteiger partial charge in [0.1, 0.15) is 5.69 Å². The molecule has 3 heterocycles. The van der Waals surface area contributed by atoms with Crippen molar-refractivity contribution in [3.8, 4) is 0 Å². The van der Waals surface area contributed by atoms with Gasteiger partial charge in [-0.25, -0.2) is 0 Å². The highest BCUT2D eigenvalue weighted by atomic mass is 16.2. The summed E-state index contributed by atoms with van der Waals surface area (Å²) in [4.78, 5) is 17.1. The predicted molar refractivity (Wildman–Crippen MR) is 67.3 cm³/mol. The summed E-state index contributed by atoms with van der Waals surface area (Å²) in [6.07, 6.45) is 5.69. The molecule has 1 aliphatic rings.